The van der Waals surface area contributed by atoms with Crippen LogP contribution in [0.5, 0.6) is 0 Å². The zero-order valence-electron chi connectivity index (χ0n) is 21.4. The van der Waals surface area contributed by atoms with Crippen molar-refractivity contribution < 1.29 is 14.0 Å². The molecule has 1 aliphatic carbocycles. The minimum atomic E-state index is -0.185. The maximum atomic E-state index is 12.8. The number of amides is 2. The quantitative estimate of drug-likeness (QED) is 0.349. The summed E-state index contributed by atoms with van der Waals surface area (Å²) in [5, 5.41) is 10.4. The van der Waals surface area contributed by atoms with E-state index in [1.165, 1.54) is 0 Å². The van der Waals surface area contributed by atoms with Crippen LogP contribution in [0.4, 0.5) is 5.69 Å². The van der Waals surface area contributed by atoms with Crippen LogP contribution in [0.25, 0.3) is 11.5 Å². The van der Waals surface area contributed by atoms with Crippen LogP contribution >= 0.6 is 0 Å². The largest absolute Gasteiger partial charge is 0.441 e. The highest BCUT2D eigenvalue weighted by atomic mass is 16.4. The number of carbonyl (C=O) groups excluding carboxylic acids is 2. The van der Waals surface area contributed by atoms with Crippen LogP contribution < -0.4 is 10.6 Å². The molecule has 8 heteroatoms. The predicted molar refractivity (Wildman–Crippen MR) is 141 cm³/mol. The molecule has 1 fully saturated rings. The first-order valence-electron chi connectivity index (χ1n) is 12.6. The molecule has 1 saturated carbocycles. The normalized spacial score (nSPS) is 13.3. The number of nitrogens with zero attached hydrogens (tertiary/aromatic N) is 3. The highest BCUT2D eigenvalue weighted by Gasteiger charge is 2.26. The Kier molecular flexibility index (Phi) is 6.90. The van der Waals surface area contributed by atoms with Crippen LogP contribution in [0, 0.1) is 26.7 Å². The summed E-state index contributed by atoms with van der Waals surface area (Å²) in [6.45, 7) is 6.72. The number of benzene rings is 2. The molecule has 0 unspecified atom stereocenters. The Morgan fingerprint density at radius 3 is 2.49 bits per heavy atom. The number of rotatable bonds is 8. The molecule has 2 N–H and O–H groups in total. The Bertz CT molecular complexity index is 1430. The molecule has 5 rings (SSSR count). The van der Waals surface area contributed by atoms with Gasteiger partial charge < -0.3 is 15.1 Å². The molecule has 0 aliphatic heterocycles. The molecule has 2 aromatic carbocycles. The van der Waals surface area contributed by atoms with Gasteiger partial charge in [-0.1, -0.05) is 30.7 Å². The second kappa shape index (κ2) is 10.4. The first-order valence-corrected chi connectivity index (χ1v) is 12.6. The van der Waals surface area contributed by atoms with E-state index in [9.17, 15) is 9.59 Å². The fourth-order valence-corrected chi connectivity index (χ4v) is 4.43. The van der Waals surface area contributed by atoms with Gasteiger partial charge in [-0.05, 0) is 69.5 Å². The number of aryl methyl sites for hydroxylation is 3. The van der Waals surface area contributed by atoms with Gasteiger partial charge in [0.1, 0.15) is 11.5 Å². The van der Waals surface area contributed by atoms with Crippen molar-refractivity contribution in [3.05, 3.63) is 88.6 Å². The van der Waals surface area contributed by atoms with Gasteiger partial charge in [-0.3, -0.25) is 14.3 Å². The summed E-state index contributed by atoms with van der Waals surface area (Å²) in [6.07, 6.45) is 2.97. The fourth-order valence-electron chi connectivity index (χ4n) is 4.43. The average Bonchev–Trinajstić information content (AvgIpc) is 3.37. The van der Waals surface area contributed by atoms with Crippen LogP contribution in [0.2, 0.25) is 0 Å². The van der Waals surface area contributed by atoms with Gasteiger partial charge in [0.25, 0.3) is 5.91 Å². The van der Waals surface area contributed by atoms with E-state index in [0.29, 0.717) is 40.7 Å². The molecular formula is C29H31N5O3. The van der Waals surface area contributed by atoms with Crippen LogP contribution in [0.15, 0.2) is 59.0 Å². The molecule has 2 aromatic heterocycles. The number of aromatic nitrogens is 3. The molecule has 8 nitrogen and oxygen atoms in total. The molecule has 0 atom stereocenters. The number of carbonyl (C=O) groups is 2. The zero-order chi connectivity index (χ0) is 25.9. The molecule has 37 heavy (non-hydrogen) atoms. The molecular weight excluding hydrogens is 466 g/mol. The molecule has 4 aromatic rings. The van der Waals surface area contributed by atoms with E-state index in [-0.39, 0.29) is 24.3 Å². The first-order chi connectivity index (χ1) is 17.9. The standard InChI is InChI=1S/C29H31N5O3/c1-18-15-19(2)34(33-18)17-21-11-13-23(14-12-21)27(35)30-16-26-20(3)37-29(32-26)24-9-4-5-10-25(24)31-28(36)22-7-6-8-22/h4-5,9-15,22H,6-8,16-17H2,1-3H3,(H,30,35)(H,31,36). The lowest BCUT2D eigenvalue weighted by molar-refractivity contribution is -0.122. The average molecular weight is 498 g/mol. The van der Waals surface area contributed by atoms with Crippen molar-refractivity contribution in [2.45, 2.75) is 53.1 Å². The predicted octanol–water partition coefficient (Wildman–Crippen LogP) is 5.18. The van der Waals surface area contributed by atoms with E-state index in [1.807, 2.05) is 80.1 Å². The minimum absolute atomic E-state index is 0.0374. The second-order valence-corrected chi connectivity index (χ2v) is 9.65. The molecule has 0 spiro atoms. The number of anilines is 1. The van der Waals surface area contributed by atoms with Gasteiger partial charge in [0.2, 0.25) is 11.8 Å². The summed E-state index contributed by atoms with van der Waals surface area (Å²) >= 11 is 0. The van der Waals surface area contributed by atoms with Crippen molar-refractivity contribution in [2.75, 3.05) is 5.32 Å². The Morgan fingerprint density at radius 1 is 1.05 bits per heavy atom. The minimum Gasteiger partial charge on any atom is -0.441 e. The van der Waals surface area contributed by atoms with Crippen molar-refractivity contribution >= 4 is 17.5 Å². The maximum Gasteiger partial charge on any atom is 0.251 e. The maximum absolute atomic E-state index is 12.8. The Morgan fingerprint density at radius 2 is 1.81 bits per heavy atom. The van der Waals surface area contributed by atoms with Crippen LogP contribution in [-0.4, -0.2) is 26.6 Å². The zero-order valence-corrected chi connectivity index (χ0v) is 21.4. The van der Waals surface area contributed by atoms with Gasteiger partial charge in [-0.25, -0.2) is 4.98 Å². The summed E-state index contributed by atoms with van der Waals surface area (Å²) in [7, 11) is 0. The summed E-state index contributed by atoms with van der Waals surface area (Å²) < 4.78 is 7.87. The highest BCUT2D eigenvalue weighted by Crippen LogP contribution is 2.32. The van der Waals surface area contributed by atoms with Gasteiger partial charge in [0.05, 0.1) is 30.0 Å². The number of oxazole rings is 1. The summed E-state index contributed by atoms with van der Waals surface area (Å²) in [5.41, 5.74) is 5.77. The summed E-state index contributed by atoms with van der Waals surface area (Å²) in [6, 6.07) is 17.1. The summed E-state index contributed by atoms with van der Waals surface area (Å²) in [4.78, 5) is 29.9. The molecule has 0 saturated heterocycles. The van der Waals surface area contributed by atoms with E-state index >= 15 is 0 Å². The number of hydrogen-bond donors (Lipinski definition) is 2. The smallest absolute Gasteiger partial charge is 0.251 e. The third-order valence-corrected chi connectivity index (χ3v) is 6.85. The van der Waals surface area contributed by atoms with Crippen molar-refractivity contribution in [3.63, 3.8) is 0 Å². The first kappa shape index (κ1) is 24.5. The Balaban J connectivity index is 1.23. The Labute approximate surface area is 216 Å². The van der Waals surface area contributed by atoms with E-state index in [0.717, 1.165) is 36.2 Å². The van der Waals surface area contributed by atoms with Crippen molar-refractivity contribution in [1.82, 2.24) is 20.1 Å². The highest BCUT2D eigenvalue weighted by molar-refractivity contribution is 5.96. The monoisotopic (exact) mass is 497 g/mol. The molecule has 2 heterocycles. The lowest BCUT2D eigenvalue weighted by Crippen LogP contribution is -2.28. The lowest BCUT2D eigenvalue weighted by atomic mass is 9.85. The van der Waals surface area contributed by atoms with E-state index < -0.39 is 0 Å². The van der Waals surface area contributed by atoms with Crippen molar-refractivity contribution in [1.29, 1.82) is 0 Å². The Hall–Kier alpha value is -4.20. The number of nitrogens with one attached hydrogen (secondary N) is 2. The lowest BCUT2D eigenvalue weighted by Gasteiger charge is -2.24. The number of para-hydroxylation sites is 1. The molecule has 1 aliphatic rings. The summed E-state index contributed by atoms with van der Waals surface area (Å²) in [5.74, 6) is 0.971. The third-order valence-electron chi connectivity index (χ3n) is 6.85. The van der Waals surface area contributed by atoms with Crippen LogP contribution in [-0.2, 0) is 17.9 Å². The molecule has 0 bridgehead atoms. The van der Waals surface area contributed by atoms with Gasteiger partial charge >= 0.3 is 0 Å². The second-order valence-electron chi connectivity index (χ2n) is 9.65. The van der Waals surface area contributed by atoms with E-state index in [1.54, 1.807) is 0 Å². The van der Waals surface area contributed by atoms with Crippen molar-refractivity contribution in [2.24, 2.45) is 5.92 Å². The van der Waals surface area contributed by atoms with E-state index in [2.05, 4.69) is 20.7 Å². The molecule has 0 radical (unpaired) electrons. The third kappa shape index (κ3) is 5.48. The SMILES string of the molecule is Cc1cc(C)n(Cc2ccc(C(=O)NCc3nc(-c4ccccc4NC(=O)C4CCC4)oc3C)cc2)n1. The van der Waals surface area contributed by atoms with Gasteiger partial charge in [-0.15, -0.1) is 0 Å². The molecule has 190 valence electrons. The van der Waals surface area contributed by atoms with Crippen LogP contribution in [0.1, 0.15) is 58.0 Å². The van der Waals surface area contributed by atoms with Crippen molar-refractivity contribution in [3.8, 4) is 11.5 Å². The van der Waals surface area contributed by atoms with Gasteiger partial charge in [0, 0.05) is 17.2 Å². The topological polar surface area (TPSA) is 102 Å². The van der Waals surface area contributed by atoms with Crippen LogP contribution in [0.3, 0.4) is 0 Å². The molecule has 2 amide bonds. The van der Waals surface area contributed by atoms with E-state index in [4.69, 9.17) is 4.42 Å². The fraction of sp³-hybridized carbons (Fsp3) is 0.310. The number of hydrogen-bond acceptors (Lipinski definition) is 5. The van der Waals surface area contributed by atoms with Gasteiger partial charge in [-0.2, -0.15) is 5.10 Å². The van der Waals surface area contributed by atoms with Gasteiger partial charge in [0.15, 0.2) is 0 Å².